The summed E-state index contributed by atoms with van der Waals surface area (Å²) in [7, 11) is 0. The highest BCUT2D eigenvalue weighted by Crippen LogP contribution is 2.05. The molecule has 4 nitrogen and oxygen atoms in total. The van der Waals surface area contributed by atoms with Gasteiger partial charge in [-0.05, 0) is 25.0 Å². The average molecular weight is 246 g/mol. The summed E-state index contributed by atoms with van der Waals surface area (Å²) in [5.41, 5.74) is 1.31. The number of urea groups is 1. The Balaban J connectivity index is 2.44. The van der Waals surface area contributed by atoms with E-state index in [9.17, 15) is 9.59 Å². The van der Waals surface area contributed by atoms with Gasteiger partial charge in [-0.3, -0.25) is 4.79 Å². The zero-order chi connectivity index (χ0) is 13.2. The van der Waals surface area contributed by atoms with Gasteiger partial charge in [0.05, 0.1) is 0 Å². The van der Waals surface area contributed by atoms with Crippen LogP contribution in [-0.2, 0) is 4.79 Å². The van der Waals surface area contributed by atoms with E-state index >= 15 is 0 Å². The molecule has 96 valence electrons. The number of nitrogens with one attached hydrogen (secondary N) is 2. The number of unbranched alkanes of at least 4 members (excludes halogenated alkanes) is 1. The molecule has 0 atom stereocenters. The molecule has 0 fully saturated rings. The molecule has 0 saturated heterocycles. The molecule has 0 saturated carbocycles. The van der Waals surface area contributed by atoms with E-state index in [1.807, 2.05) is 18.2 Å². The lowest BCUT2D eigenvalue weighted by Gasteiger charge is -2.05. The van der Waals surface area contributed by atoms with E-state index in [-0.39, 0.29) is 6.03 Å². The Kier molecular flexibility index (Phi) is 6.25. The molecule has 1 aromatic rings. The predicted molar refractivity (Wildman–Crippen MR) is 72.3 cm³/mol. The topological polar surface area (TPSA) is 58.2 Å². The van der Waals surface area contributed by atoms with Crippen molar-refractivity contribution in [1.82, 2.24) is 5.32 Å². The third kappa shape index (κ3) is 5.30. The van der Waals surface area contributed by atoms with Crippen LogP contribution >= 0.6 is 0 Å². The molecule has 0 aliphatic heterocycles. The van der Waals surface area contributed by atoms with Crippen molar-refractivity contribution < 1.29 is 9.59 Å². The van der Waals surface area contributed by atoms with Gasteiger partial charge < -0.3 is 10.6 Å². The molecule has 18 heavy (non-hydrogen) atoms. The summed E-state index contributed by atoms with van der Waals surface area (Å²) in [6.07, 6.45) is 4.87. The summed E-state index contributed by atoms with van der Waals surface area (Å²) < 4.78 is 0. The van der Waals surface area contributed by atoms with Gasteiger partial charge in [-0.15, -0.1) is 0 Å². The SMILES string of the molecule is CCCCC(C=O)=CNC(=O)Nc1ccccc1. The molecule has 0 unspecified atom stereocenters. The summed E-state index contributed by atoms with van der Waals surface area (Å²) >= 11 is 0. The van der Waals surface area contributed by atoms with Gasteiger partial charge in [-0.2, -0.15) is 0 Å². The van der Waals surface area contributed by atoms with Crippen LogP contribution in [0.15, 0.2) is 42.1 Å². The second-order valence-corrected chi connectivity index (χ2v) is 3.91. The number of hydrogen-bond donors (Lipinski definition) is 2. The van der Waals surface area contributed by atoms with E-state index in [1.165, 1.54) is 6.20 Å². The summed E-state index contributed by atoms with van der Waals surface area (Å²) in [5, 5.41) is 5.21. The molecular formula is C14H18N2O2. The first-order chi connectivity index (χ1) is 8.76. The normalized spacial score (nSPS) is 10.8. The van der Waals surface area contributed by atoms with Crippen LogP contribution in [0.2, 0.25) is 0 Å². The molecule has 0 aliphatic rings. The maximum absolute atomic E-state index is 11.5. The lowest BCUT2D eigenvalue weighted by atomic mass is 10.1. The summed E-state index contributed by atoms with van der Waals surface area (Å²) in [4.78, 5) is 22.3. The first-order valence-electron chi connectivity index (χ1n) is 6.03. The van der Waals surface area contributed by atoms with Crippen molar-refractivity contribution in [3.63, 3.8) is 0 Å². The lowest BCUT2D eigenvalue weighted by Crippen LogP contribution is -2.24. The first kappa shape index (κ1) is 14.0. The number of para-hydroxylation sites is 1. The maximum atomic E-state index is 11.5. The van der Waals surface area contributed by atoms with Gasteiger partial charge >= 0.3 is 6.03 Å². The fraction of sp³-hybridized carbons (Fsp3) is 0.286. The molecule has 2 amide bonds. The largest absolute Gasteiger partial charge is 0.323 e. The van der Waals surface area contributed by atoms with Gasteiger partial charge in [0.15, 0.2) is 0 Å². The van der Waals surface area contributed by atoms with Crippen molar-refractivity contribution in [3.05, 3.63) is 42.1 Å². The van der Waals surface area contributed by atoms with Crippen LogP contribution in [0.4, 0.5) is 10.5 Å². The van der Waals surface area contributed by atoms with Crippen molar-refractivity contribution in [2.24, 2.45) is 0 Å². The highest BCUT2D eigenvalue weighted by Gasteiger charge is 2.00. The standard InChI is InChI=1S/C14H18N2O2/c1-2-3-7-12(11-17)10-15-14(18)16-13-8-5-4-6-9-13/h4-6,8-11H,2-3,7H2,1H3,(H2,15,16,18). The summed E-state index contributed by atoms with van der Waals surface area (Å²) in [6, 6.07) is 8.78. The average Bonchev–Trinajstić information content (AvgIpc) is 2.40. The van der Waals surface area contributed by atoms with Crippen LogP contribution in [-0.4, -0.2) is 12.3 Å². The number of anilines is 1. The first-order valence-corrected chi connectivity index (χ1v) is 6.03. The highest BCUT2D eigenvalue weighted by atomic mass is 16.2. The van der Waals surface area contributed by atoms with Gasteiger partial charge in [-0.1, -0.05) is 31.5 Å². The van der Waals surface area contributed by atoms with Crippen LogP contribution in [0, 0.1) is 0 Å². The fourth-order valence-corrected chi connectivity index (χ4v) is 1.39. The fourth-order valence-electron chi connectivity index (χ4n) is 1.39. The minimum atomic E-state index is -0.350. The number of rotatable bonds is 6. The van der Waals surface area contributed by atoms with Crippen molar-refractivity contribution in [1.29, 1.82) is 0 Å². The van der Waals surface area contributed by atoms with Crippen molar-refractivity contribution >= 4 is 18.0 Å². The number of carbonyl (C=O) groups is 2. The number of hydrogen-bond acceptors (Lipinski definition) is 2. The Hall–Kier alpha value is -2.10. The van der Waals surface area contributed by atoms with Gasteiger partial charge in [0.2, 0.25) is 0 Å². The Morgan fingerprint density at radius 1 is 1.28 bits per heavy atom. The van der Waals surface area contributed by atoms with Crippen LogP contribution in [0.1, 0.15) is 26.2 Å². The van der Waals surface area contributed by atoms with Gasteiger partial charge in [0.1, 0.15) is 6.29 Å². The monoisotopic (exact) mass is 246 g/mol. The molecule has 4 heteroatoms. The molecule has 0 aromatic heterocycles. The molecule has 1 aromatic carbocycles. The van der Waals surface area contributed by atoms with E-state index in [1.54, 1.807) is 12.1 Å². The van der Waals surface area contributed by atoms with Crippen molar-refractivity contribution in [2.75, 3.05) is 5.32 Å². The van der Waals surface area contributed by atoms with Crippen molar-refractivity contribution in [3.8, 4) is 0 Å². The minimum absolute atomic E-state index is 0.350. The Morgan fingerprint density at radius 3 is 2.61 bits per heavy atom. The molecule has 0 bridgehead atoms. The summed E-state index contributed by atoms with van der Waals surface area (Å²) in [6.45, 7) is 2.05. The van der Waals surface area contributed by atoms with E-state index in [2.05, 4.69) is 17.6 Å². The Bertz CT molecular complexity index is 413. The molecule has 0 aliphatic carbocycles. The van der Waals surface area contributed by atoms with Crippen LogP contribution in [0.5, 0.6) is 0 Å². The van der Waals surface area contributed by atoms with Gasteiger partial charge in [0, 0.05) is 17.5 Å². The highest BCUT2D eigenvalue weighted by molar-refractivity contribution is 5.90. The molecule has 0 heterocycles. The van der Waals surface area contributed by atoms with E-state index in [0.717, 1.165) is 19.1 Å². The molecular weight excluding hydrogens is 228 g/mol. The zero-order valence-electron chi connectivity index (χ0n) is 10.5. The smallest absolute Gasteiger partial charge is 0.314 e. The second kappa shape index (κ2) is 8.06. The van der Waals surface area contributed by atoms with Crippen LogP contribution in [0.3, 0.4) is 0 Å². The second-order valence-electron chi connectivity index (χ2n) is 3.91. The number of allylic oxidation sites excluding steroid dienone is 1. The molecule has 2 N–H and O–H groups in total. The number of amides is 2. The molecule has 0 spiro atoms. The Morgan fingerprint density at radius 2 is 2.00 bits per heavy atom. The number of carbonyl (C=O) groups excluding carboxylic acids is 2. The van der Waals surface area contributed by atoms with E-state index < -0.39 is 0 Å². The third-order valence-electron chi connectivity index (χ3n) is 2.39. The van der Waals surface area contributed by atoms with Crippen LogP contribution < -0.4 is 10.6 Å². The van der Waals surface area contributed by atoms with Gasteiger partial charge in [0.25, 0.3) is 0 Å². The summed E-state index contributed by atoms with van der Waals surface area (Å²) in [5.74, 6) is 0. The maximum Gasteiger partial charge on any atom is 0.323 e. The zero-order valence-corrected chi connectivity index (χ0v) is 10.5. The third-order valence-corrected chi connectivity index (χ3v) is 2.39. The number of aldehydes is 1. The van der Waals surface area contributed by atoms with E-state index in [4.69, 9.17) is 0 Å². The van der Waals surface area contributed by atoms with Gasteiger partial charge in [-0.25, -0.2) is 4.79 Å². The number of benzene rings is 1. The molecule has 1 rings (SSSR count). The lowest BCUT2D eigenvalue weighted by molar-refractivity contribution is -0.105. The predicted octanol–water partition coefficient (Wildman–Crippen LogP) is 3.08. The van der Waals surface area contributed by atoms with Crippen LogP contribution in [0.25, 0.3) is 0 Å². The molecule has 0 radical (unpaired) electrons. The van der Waals surface area contributed by atoms with Crippen molar-refractivity contribution in [2.45, 2.75) is 26.2 Å². The van der Waals surface area contributed by atoms with E-state index in [0.29, 0.717) is 17.7 Å². The quantitative estimate of drug-likeness (QED) is 0.598. The Labute approximate surface area is 107 Å². The minimum Gasteiger partial charge on any atom is -0.314 e.